The van der Waals surface area contributed by atoms with Crippen molar-refractivity contribution in [3.63, 3.8) is 0 Å². The van der Waals surface area contributed by atoms with Crippen LogP contribution in [0.5, 0.6) is 5.75 Å². The molecule has 0 spiro atoms. The summed E-state index contributed by atoms with van der Waals surface area (Å²) in [5, 5.41) is 19.2. The monoisotopic (exact) mass is 315 g/mol. The molecule has 0 amide bonds. The molecule has 0 aliphatic carbocycles. The lowest BCUT2D eigenvalue weighted by Crippen LogP contribution is -2.36. The van der Waals surface area contributed by atoms with Crippen molar-refractivity contribution in [2.24, 2.45) is 11.7 Å². The van der Waals surface area contributed by atoms with Crippen LogP contribution in [0.3, 0.4) is 0 Å². The summed E-state index contributed by atoms with van der Waals surface area (Å²) < 4.78 is 5.34. The van der Waals surface area contributed by atoms with E-state index in [1.807, 2.05) is 61.5 Å². The summed E-state index contributed by atoms with van der Waals surface area (Å²) in [7, 11) is 0. The third kappa shape index (κ3) is 5.06. The first-order chi connectivity index (χ1) is 11.1. The minimum atomic E-state index is -0.668. The summed E-state index contributed by atoms with van der Waals surface area (Å²) in [5.41, 5.74) is 8.22. The highest BCUT2D eigenvalue weighted by Gasteiger charge is 2.22. The molecule has 0 radical (unpaired) electrons. The zero-order valence-corrected chi connectivity index (χ0v) is 13.4. The molecule has 2 aromatic carbocycles. The van der Waals surface area contributed by atoms with E-state index in [1.54, 1.807) is 0 Å². The molecular formula is C19H25NO3. The SMILES string of the molecule is CC(Cc1ccc(OCCO)cc1)[C@@H](N)[C@H](O)c1ccccc1. The van der Waals surface area contributed by atoms with Crippen LogP contribution >= 0.6 is 0 Å². The molecule has 0 aliphatic rings. The van der Waals surface area contributed by atoms with E-state index in [9.17, 15) is 5.11 Å². The van der Waals surface area contributed by atoms with Crippen LogP contribution in [0.2, 0.25) is 0 Å². The van der Waals surface area contributed by atoms with E-state index in [4.69, 9.17) is 15.6 Å². The summed E-state index contributed by atoms with van der Waals surface area (Å²) in [4.78, 5) is 0. The van der Waals surface area contributed by atoms with Crippen LogP contribution in [0.1, 0.15) is 24.2 Å². The maximum absolute atomic E-state index is 10.4. The van der Waals surface area contributed by atoms with Gasteiger partial charge in [0.25, 0.3) is 0 Å². The number of aliphatic hydroxyl groups excluding tert-OH is 2. The van der Waals surface area contributed by atoms with Gasteiger partial charge < -0.3 is 20.7 Å². The second kappa shape index (κ2) is 8.67. The third-order valence-electron chi connectivity index (χ3n) is 4.00. The van der Waals surface area contributed by atoms with Gasteiger partial charge in [0, 0.05) is 6.04 Å². The van der Waals surface area contributed by atoms with Crippen molar-refractivity contribution >= 4 is 0 Å². The quantitative estimate of drug-likeness (QED) is 0.699. The molecule has 0 saturated carbocycles. The first-order valence-corrected chi connectivity index (χ1v) is 7.93. The van der Waals surface area contributed by atoms with Crippen molar-refractivity contribution in [2.75, 3.05) is 13.2 Å². The van der Waals surface area contributed by atoms with Crippen LogP contribution in [0, 0.1) is 5.92 Å². The standard InChI is InChI=1S/C19H25NO3/c1-14(18(20)19(22)16-5-3-2-4-6-16)13-15-7-9-17(10-8-15)23-12-11-21/h2-10,14,18-19,21-22H,11-13,20H2,1H3/t14?,18-,19-/m1/s1. The van der Waals surface area contributed by atoms with Gasteiger partial charge in [0.1, 0.15) is 12.4 Å². The molecule has 0 saturated heterocycles. The maximum Gasteiger partial charge on any atom is 0.119 e. The summed E-state index contributed by atoms with van der Waals surface area (Å²) in [6, 6.07) is 16.9. The predicted molar refractivity (Wildman–Crippen MR) is 91.3 cm³/mol. The number of aliphatic hydroxyl groups is 2. The highest BCUT2D eigenvalue weighted by molar-refractivity contribution is 5.28. The van der Waals surface area contributed by atoms with E-state index in [0.717, 1.165) is 23.3 Å². The molecule has 0 heterocycles. The Kier molecular flexibility index (Phi) is 6.59. The Balaban J connectivity index is 1.94. The molecule has 4 heteroatoms. The van der Waals surface area contributed by atoms with E-state index in [1.165, 1.54) is 0 Å². The van der Waals surface area contributed by atoms with Crippen LogP contribution in [0.15, 0.2) is 54.6 Å². The van der Waals surface area contributed by atoms with E-state index in [0.29, 0.717) is 6.61 Å². The average molecular weight is 315 g/mol. The minimum Gasteiger partial charge on any atom is -0.491 e. The average Bonchev–Trinajstić information content (AvgIpc) is 2.60. The maximum atomic E-state index is 10.4. The Bertz CT molecular complexity index is 571. The summed E-state index contributed by atoms with van der Waals surface area (Å²) >= 11 is 0. The number of nitrogens with two attached hydrogens (primary N) is 1. The van der Waals surface area contributed by atoms with Crippen molar-refractivity contribution in [2.45, 2.75) is 25.5 Å². The van der Waals surface area contributed by atoms with Gasteiger partial charge in [-0.25, -0.2) is 0 Å². The minimum absolute atomic E-state index is 0.00497. The van der Waals surface area contributed by atoms with E-state index in [2.05, 4.69) is 0 Å². The molecule has 23 heavy (non-hydrogen) atoms. The van der Waals surface area contributed by atoms with Gasteiger partial charge in [0.05, 0.1) is 12.7 Å². The molecule has 4 N–H and O–H groups in total. The molecule has 2 aromatic rings. The van der Waals surface area contributed by atoms with Crippen molar-refractivity contribution in [1.29, 1.82) is 0 Å². The smallest absolute Gasteiger partial charge is 0.119 e. The molecule has 0 bridgehead atoms. The topological polar surface area (TPSA) is 75.7 Å². The number of hydrogen-bond acceptors (Lipinski definition) is 4. The summed E-state index contributed by atoms with van der Waals surface area (Å²) in [5.74, 6) is 0.874. The van der Waals surface area contributed by atoms with Gasteiger partial charge in [0.15, 0.2) is 0 Å². The zero-order chi connectivity index (χ0) is 16.7. The molecule has 3 atom stereocenters. The van der Waals surface area contributed by atoms with Gasteiger partial charge in [-0.3, -0.25) is 0 Å². The number of benzene rings is 2. The Morgan fingerprint density at radius 2 is 1.70 bits per heavy atom. The molecule has 0 fully saturated rings. The highest BCUT2D eigenvalue weighted by atomic mass is 16.5. The number of rotatable bonds is 8. The lowest BCUT2D eigenvalue weighted by Gasteiger charge is -2.25. The molecular weight excluding hydrogens is 290 g/mol. The zero-order valence-electron chi connectivity index (χ0n) is 13.4. The molecule has 0 aromatic heterocycles. The Morgan fingerprint density at radius 1 is 1.04 bits per heavy atom. The van der Waals surface area contributed by atoms with Gasteiger partial charge in [-0.15, -0.1) is 0 Å². The van der Waals surface area contributed by atoms with E-state index < -0.39 is 6.10 Å². The lowest BCUT2D eigenvalue weighted by molar-refractivity contribution is 0.121. The molecule has 0 aliphatic heterocycles. The molecule has 2 rings (SSSR count). The predicted octanol–water partition coefficient (Wildman–Crippen LogP) is 2.30. The van der Waals surface area contributed by atoms with Crippen LogP contribution in [-0.4, -0.2) is 29.5 Å². The van der Waals surface area contributed by atoms with Gasteiger partial charge in [-0.1, -0.05) is 49.4 Å². The fourth-order valence-electron chi connectivity index (χ4n) is 2.58. The number of ether oxygens (including phenoxy) is 1. The van der Waals surface area contributed by atoms with Gasteiger partial charge in [-0.2, -0.15) is 0 Å². The normalized spacial score (nSPS) is 15.0. The largest absolute Gasteiger partial charge is 0.491 e. The second-order valence-corrected chi connectivity index (χ2v) is 5.83. The second-order valence-electron chi connectivity index (χ2n) is 5.83. The van der Waals surface area contributed by atoms with Crippen molar-refractivity contribution in [1.82, 2.24) is 0 Å². The van der Waals surface area contributed by atoms with Gasteiger partial charge in [0.2, 0.25) is 0 Å². The fraction of sp³-hybridized carbons (Fsp3) is 0.368. The summed E-state index contributed by atoms with van der Waals surface area (Å²) in [6.07, 6.45) is 0.115. The first-order valence-electron chi connectivity index (χ1n) is 7.93. The van der Waals surface area contributed by atoms with Crippen molar-refractivity contribution in [3.05, 3.63) is 65.7 Å². The van der Waals surface area contributed by atoms with Crippen LogP contribution in [0.4, 0.5) is 0 Å². The molecule has 1 unspecified atom stereocenters. The van der Waals surface area contributed by atoms with E-state index >= 15 is 0 Å². The molecule has 124 valence electrons. The first kappa shape index (κ1) is 17.5. The lowest BCUT2D eigenvalue weighted by atomic mass is 9.88. The van der Waals surface area contributed by atoms with Crippen LogP contribution in [-0.2, 0) is 6.42 Å². The van der Waals surface area contributed by atoms with Gasteiger partial charge >= 0.3 is 0 Å². The number of hydrogen-bond donors (Lipinski definition) is 3. The third-order valence-corrected chi connectivity index (χ3v) is 4.00. The van der Waals surface area contributed by atoms with Crippen LogP contribution < -0.4 is 10.5 Å². The Hall–Kier alpha value is -1.88. The summed E-state index contributed by atoms with van der Waals surface area (Å²) in [6.45, 7) is 2.35. The Morgan fingerprint density at radius 3 is 2.30 bits per heavy atom. The molecule has 4 nitrogen and oxygen atoms in total. The van der Waals surface area contributed by atoms with E-state index in [-0.39, 0.29) is 18.6 Å². The van der Waals surface area contributed by atoms with Crippen LogP contribution in [0.25, 0.3) is 0 Å². The fourth-order valence-corrected chi connectivity index (χ4v) is 2.58. The van der Waals surface area contributed by atoms with Crippen molar-refractivity contribution in [3.8, 4) is 5.75 Å². The Labute approximate surface area is 137 Å². The van der Waals surface area contributed by atoms with Crippen molar-refractivity contribution < 1.29 is 14.9 Å². The van der Waals surface area contributed by atoms with Gasteiger partial charge in [-0.05, 0) is 35.6 Å². The highest BCUT2D eigenvalue weighted by Crippen LogP contribution is 2.23.